The second-order valence-corrected chi connectivity index (χ2v) is 6.57. The standard InChI is InChI=1S/C20H27N5O3.HI/c1-3-22-20(23-12-15-8-9-18(28-15)19(21)26)24-14-10-11-25(13-14)16-6-4-5-7-17(16)27-2;/h4-9,14H,3,10-13H2,1-2H3,(H2,21,26)(H2,22,23,24);1H. The van der Waals surface area contributed by atoms with Crippen LogP contribution in [0.3, 0.4) is 0 Å². The number of hydrogen-bond donors (Lipinski definition) is 3. The van der Waals surface area contributed by atoms with Gasteiger partial charge in [0.25, 0.3) is 5.91 Å². The lowest BCUT2D eigenvalue weighted by atomic mass is 10.2. The Kier molecular flexibility index (Phi) is 8.62. The SMILES string of the molecule is CCNC(=NCc1ccc(C(N)=O)o1)NC1CCN(c2ccccc2OC)C1.I. The van der Waals surface area contributed by atoms with Crippen LogP contribution in [0.25, 0.3) is 0 Å². The summed E-state index contributed by atoms with van der Waals surface area (Å²) in [5.41, 5.74) is 6.32. The van der Waals surface area contributed by atoms with E-state index >= 15 is 0 Å². The molecule has 1 amide bonds. The molecule has 4 N–H and O–H groups in total. The molecule has 1 unspecified atom stereocenters. The topological polar surface area (TPSA) is 105 Å². The predicted octanol–water partition coefficient (Wildman–Crippen LogP) is 2.34. The summed E-state index contributed by atoms with van der Waals surface area (Å²) >= 11 is 0. The van der Waals surface area contributed by atoms with Gasteiger partial charge in [0.2, 0.25) is 0 Å². The molecule has 0 bridgehead atoms. The molecular formula is C20H28IN5O3. The molecule has 29 heavy (non-hydrogen) atoms. The van der Waals surface area contributed by atoms with E-state index in [1.165, 1.54) is 0 Å². The van der Waals surface area contributed by atoms with Crippen molar-refractivity contribution in [2.75, 3.05) is 31.6 Å². The first-order valence-corrected chi connectivity index (χ1v) is 9.42. The highest BCUT2D eigenvalue weighted by Gasteiger charge is 2.25. The number of hydrogen-bond acceptors (Lipinski definition) is 5. The lowest BCUT2D eigenvalue weighted by Crippen LogP contribution is -2.44. The van der Waals surface area contributed by atoms with Crippen LogP contribution in [-0.4, -0.2) is 44.7 Å². The molecule has 3 rings (SSSR count). The number of rotatable bonds is 7. The molecule has 8 nitrogen and oxygen atoms in total. The fourth-order valence-electron chi connectivity index (χ4n) is 3.25. The Labute approximate surface area is 187 Å². The number of furan rings is 1. The van der Waals surface area contributed by atoms with Gasteiger partial charge in [-0.1, -0.05) is 12.1 Å². The molecule has 1 atom stereocenters. The zero-order valence-corrected chi connectivity index (χ0v) is 19.0. The molecule has 0 aliphatic carbocycles. The van der Waals surface area contributed by atoms with Gasteiger partial charge in [-0.15, -0.1) is 24.0 Å². The summed E-state index contributed by atoms with van der Waals surface area (Å²) in [6, 6.07) is 11.6. The third kappa shape index (κ3) is 6.02. The van der Waals surface area contributed by atoms with Crippen LogP contribution >= 0.6 is 24.0 Å². The summed E-state index contributed by atoms with van der Waals surface area (Å²) in [5, 5.41) is 6.73. The van der Waals surface area contributed by atoms with Crippen molar-refractivity contribution in [2.24, 2.45) is 10.7 Å². The highest BCUT2D eigenvalue weighted by Crippen LogP contribution is 2.30. The van der Waals surface area contributed by atoms with Gasteiger partial charge in [-0.3, -0.25) is 4.79 Å². The number of ether oxygens (including phenoxy) is 1. The minimum absolute atomic E-state index is 0. The molecule has 1 aromatic heterocycles. The van der Waals surface area contributed by atoms with E-state index < -0.39 is 5.91 Å². The number of nitrogens with one attached hydrogen (secondary N) is 2. The highest BCUT2D eigenvalue weighted by atomic mass is 127. The van der Waals surface area contributed by atoms with Gasteiger partial charge in [0, 0.05) is 25.7 Å². The van der Waals surface area contributed by atoms with Crippen LogP contribution in [0.15, 0.2) is 45.8 Å². The zero-order chi connectivity index (χ0) is 19.9. The number of guanidine groups is 1. The Morgan fingerprint density at radius 1 is 1.34 bits per heavy atom. The Balaban J connectivity index is 0.00000300. The van der Waals surface area contributed by atoms with Crippen molar-refractivity contribution in [2.45, 2.75) is 25.9 Å². The number of anilines is 1. The Bertz CT molecular complexity index is 839. The molecule has 9 heteroatoms. The molecule has 158 valence electrons. The van der Waals surface area contributed by atoms with Gasteiger partial charge < -0.3 is 30.4 Å². The number of carbonyl (C=O) groups excluding carboxylic acids is 1. The second-order valence-electron chi connectivity index (χ2n) is 6.57. The van der Waals surface area contributed by atoms with Crippen molar-refractivity contribution in [1.82, 2.24) is 10.6 Å². The fourth-order valence-corrected chi connectivity index (χ4v) is 3.25. The van der Waals surface area contributed by atoms with E-state index in [9.17, 15) is 4.79 Å². The van der Waals surface area contributed by atoms with E-state index in [4.69, 9.17) is 14.9 Å². The van der Waals surface area contributed by atoms with E-state index in [-0.39, 0.29) is 35.8 Å². The average molecular weight is 513 g/mol. The fraction of sp³-hybridized carbons (Fsp3) is 0.400. The van der Waals surface area contributed by atoms with Crippen molar-refractivity contribution in [3.05, 3.63) is 47.9 Å². The van der Waals surface area contributed by atoms with Crippen molar-refractivity contribution in [1.29, 1.82) is 0 Å². The van der Waals surface area contributed by atoms with Crippen molar-refractivity contribution in [3.63, 3.8) is 0 Å². The maximum absolute atomic E-state index is 11.1. The number of carbonyl (C=O) groups is 1. The van der Waals surface area contributed by atoms with E-state index in [2.05, 4.69) is 26.6 Å². The summed E-state index contributed by atoms with van der Waals surface area (Å²) in [6.07, 6.45) is 0.995. The van der Waals surface area contributed by atoms with Gasteiger partial charge in [0.05, 0.1) is 12.8 Å². The number of aliphatic imine (C=N–C) groups is 1. The van der Waals surface area contributed by atoms with Crippen LogP contribution in [0.5, 0.6) is 5.75 Å². The minimum atomic E-state index is -0.581. The van der Waals surface area contributed by atoms with Gasteiger partial charge in [-0.2, -0.15) is 0 Å². The predicted molar refractivity (Wildman–Crippen MR) is 124 cm³/mol. The molecule has 2 aromatic rings. The summed E-state index contributed by atoms with van der Waals surface area (Å²) in [7, 11) is 1.69. The molecular weight excluding hydrogens is 485 g/mol. The second kappa shape index (κ2) is 10.9. The van der Waals surface area contributed by atoms with Crippen molar-refractivity contribution >= 4 is 41.5 Å². The molecule has 2 heterocycles. The van der Waals surface area contributed by atoms with Crippen LogP contribution < -0.4 is 26.0 Å². The average Bonchev–Trinajstić information content (AvgIpc) is 3.36. The van der Waals surface area contributed by atoms with Gasteiger partial charge >= 0.3 is 0 Å². The largest absolute Gasteiger partial charge is 0.495 e. The lowest BCUT2D eigenvalue weighted by Gasteiger charge is -2.22. The zero-order valence-electron chi connectivity index (χ0n) is 16.7. The quantitative estimate of drug-likeness (QED) is 0.298. The Morgan fingerprint density at radius 2 is 2.14 bits per heavy atom. The number of primary amides is 1. The maximum atomic E-state index is 11.1. The minimum Gasteiger partial charge on any atom is -0.495 e. The van der Waals surface area contributed by atoms with Crippen LogP contribution in [-0.2, 0) is 6.54 Å². The lowest BCUT2D eigenvalue weighted by molar-refractivity contribution is 0.0972. The highest BCUT2D eigenvalue weighted by molar-refractivity contribution is 14.0. The van der Waals surface area contributed by atoms with Crippen molar-refractivity contribution < 1.29 is 13.9 Å². The first-order chi connectivity index (χ1) is 13.6. The van der Waals surface area contributed by atoms with Gasteiger partial charge in [-0.05, 0) is 37.6 Å². The third-order valence-electron chi connectivity index (χ3n) is 4.60. The van der Waals surface area contributed by atoms with Crippen molar-refractivity contribution in [3.8, 4) is 5.75 Å². The van der Waals surface area contributed by atoms with E-state index in [0.717, 1.165) is 37.5 Å². The number of benzene rings is 1. The molecule has 0 spiro atoms. The number of amides is 1. The molecule has 1 aliphatic heterocycles. The van der Waals surface area contributed by atoms with E-state index in [1.807, 2.05) is 25.1 Å². The Morgan fingerprint density at radius 3 is 2.83 bits per heavy atom. The number of para-hydroxylation sites is 2. The number of nitrogens with two attached hydrogens (primary N) is 1. The molecule has 1 saturated heterocycles. The van der Waals surface area contributed by atoms with E-state index in [0.29, 0.717) is 18.3 Å². The molecule has 1 aliphatic rings. The number of methoxy groups -OCH3 is 1. The number of nitrogens with zero attached hydrogens (tertiary/aromatic N) is 2. The monoisotopic (exact) mass is 513 g/mol. The Hall–Kier alpha value is -2.43. The summed E-state index contributed by atoms with van der Waals surface area (Å²) in [5.74, 6) is 1.75. The summed E-state index contributed by atoms with van der Waals surface area (Å²) in [4.78, 5) is 18.0. The molecule has 0 saturated carbocycles. The van der Waals surface area contributed by atoms with Gasteiger partial charge in [-0.25, -0.2) is 4.99 Å². The van der Waals surface area contributed by atoms with Crippen LogP contribution in [0.4, 0.5) is 5.69 Å². The first kappa shape index (κ1) is 22.9. The number of halogens is 1. The summed E-state index contributed by atoms with van der Waals surface area (Å²) in [6.45, 7) is 4.89. The van der Waals surface area contributed by atoms with Gasteiger partial charge in [0.15, 0.2) is 11.7 Å². The third-order valence-corrected chi connectivity index (χ3v) is 4.60. The van der Waals surface area contributed by atoms with Gasteiger partial charge in [0.1, 0.15) is 18.1 Å². The normalized spacial score (nSPS) is 16.3. The summed E-state index contributed by atoms with van der Waals surface area (Å²) < 4.78 is 10.9. The van der Waals surface area contributed by atoms with Crippen LogP contribution in [0, 0.1) is 0 Å². The maximum Gasteiger partial charge on any atom is 0.284 e. The molecule has 1 fully saturated rings. The molecule has 0 radical (unpaired) electrons. The van der Waals surface area contributed by atoms with Crippen LogP contribution in [0.2, 0.25) is 0 Å². The smallest absolute Gasteiger partial charge is 0.284 e. The van der Waals surface area contributed by atoms with Crippen LogP contribution in [0.1, 0.15) is 29.7 Å². The first-order valence-electron chi connectivity index (χ1n) is 9.42. The van der Waals surface area contributed by atoms with E-state index in [1.54, 1.807) is 19.2 Å². The molecule has 1 aromatic carbocycles.